The fourth-order valence-corrected chi connectivity index (χ4v) is 2.61. The molecule has 7 heteroatoms. The van der Waals surface area contributed by atoms with Gasteiger partial charge in [0, 0.05) is 11.8 Å². The predicted molar refractivity (Wildman–Crippen MR) is 89.5 cm³/mol. The zero-order chi connectivity index (χ0) is 17.3. The Balaban J connectivity index is 2.22. The number of carbonyl (C=O) groups excluding carboxylic acids is 1. The zero-order valence-corrected chi connectivity index (χ0v) is 13.0. The fourth-order valence-electron chi connectivity index (χ4n) is 2.61. The first-order chi connectivity index (χ1) is 11.5. The number of nitrogen functional groups attached to an aromatic ring is 1. The number of nitrogens with two attached hydrogens (primary N) is 2. The molecule has 0 aliphatic heterocycles. The van der Waals surface area contributed by atoms with Crippen molar-refractivity contribution in [3.8, 4) is 22.6 Å². The number of amides is 1. The first-order valence-corrected chi connectivity index (χ1v) is 7.40. The number of carbonyl (C=O) groups is 1. The van der Waals surface area contributed by atoms with Gasteiger partial charge in [0.15, 0.2) is 0 Å². The third kappa shape index (κ3) is 2.83. The summed E-state index contributed by atoms with van der Waals surface area (Å²) in [7, 11) is 0. The van der Waals surface area contributed by atoms with E-state index in [2.05, 4.69) is 15.0 Å². The maximum atomic E-state index is 13.7. The molecule has 1 aromatic carbocycles. The molecule has 0 unspecified atom stereocenters. The van der Waals surface area contributed by atoms with Crippen LogP contribution in [0.2, 0.25) is 0 Å². The van der Waals surface area contributed by atoms with Gasteiger partial charge in [-0.1, -0.05) is 13.0 Å². The second-order valence-corrected chi connectivity index (χ2v) is 5.29. The Kier molecular flexibility index (Phi) is 3.99. The van der Waals surface area contributed by atoms with Crippen LogP contribution in [0.15, 0.2) is 36.5 Å². The number of rotatable bonds is 4. The van der Waals surface area contributed by atoms with Gasteiger partial charge >= 0.3 is 0 Å². The molecule has 2 heterocycles. The minimum Gasteiger partial charge on any atom is -0.368 e. The van der Waals surface area contributed by atoms with Crippen LogP contribution in [0.3, 0.4) is 0 Å². The van der Waals surface area contributed by atoms with Crippen LogP contribution in [0.5, 0.6) is 0 Å². The van der Waals surface area contributed by atoms with Gasteiger partial charge in [-0.05, 0) is 36.2 Å². The molecule has 0 saturated carbocycles. The van der Waals surface area contributed by atoms with Gasteiger partial charge in [0.25, 0.3) is 5.91 Å². The Labute approximate surface area is 137 Å². The van der Waals surface area contributed by atoms with Gasteiger partial charge in [-0.15, -0.1) is 0 Å². The lowest BCUT2D eigenvalue weighted by Crippen LogP contribution is -2.11. The molecule has 0 atom stereocenters. The number of H-pyrrole nitrogens is 1. The summed E-state index contributed by atoms with van der Waals surface area (Å²) in [6, 6.07) is 7.71. The number of nitrogens with zero attached hydrogens (tertiary/aromatic N) is 2. The highest BCUT2D eigenvalue weighted by Crippen LogP contribution is 2.31. The minimum absolute atomic E-state index is 0.115. The van der Waals surface area contributed by atoms with Crippen molar-refractivity contribution in [1.82, 2.24) is 15.0 Å². The quantitative estimate of drug-likeness (QED) is 0.684. The van der Waals surface area contributed by atoms with E-state index < -0.39 is 5.91 Å². The topological polar surface area (TPSA) is 111 Å². The number of halogens is 1. The molecule has 5 N–H and O–H groups in total. The summed E-state index contributed by atoms with van der Waals surface area (Å²) in [5.74, 6) is -0.884. The molecule has 24 heavy (non-hydrogen) atoms. The van der Waals surface area contributed by atoms with Gasteiger partial charge in [-0.25, -0.2) is 14.4 Å². The molecule has 122 valence electrons. The molecule has 0 radical (unpaired) electrons. The van der Waals surface area contributed by atoms with E-state index in [4.69, 9.17) is 11.5 Å². The van der Waals surface area contributed by atoms with E-state index >= 15 is 0 Å². The van der Waals surface area contributed by atoms with E-state index in [0.717, 1.165) is 5.56 Å². The van der Waals surface area contributed by atoms with E-state index in [0.29, 0.717) is 29.1 Å². The largest absolute Gasteiger partial charge is 0.368 e. The van der Waals surface area contributed by atoms with Crippen LogP contribution in [0.4, 0.5) is 10.3 Å². The number of hydrogen-bond donors (Lipinski definition) is 3. The van der Waals surface area contributed by atoms with Gasteiger partial charge in [0.1, 0.15) is 5.82 Å². The summed E-state index contributed by atoms with van der Waals surface area (Å²) in [6.45, 7) is 1.95. The maximum Gasteiger partial charge on any atom is 0.250 e. The smallest absolute Gasteiger partial charge is 0.250 e. The third-order valence-corrected chi connectivity index (χ3v) is 3.76. The Bertz CT molecular complexity index is 919. The highest BCUT2D eigenvalue weighted by molar-refractivity contribution is 6.01. The average Bonchev–Trinajstić information content (AvgIpc) is 3.00. The molecule has 2 aromatic heterocycles. The minimum atomic E-state index is -0.610. The molecular formula is C17H16FN5O. The second kappa shape index (κ2) is 6.11. The van der Waals surface area contributed by atoms with Crippen molar-refractivity contribution < 1.29 is 9.18 Å². The second-order valence-electron chi connectivity index (χ2n) is 5.29. The van der Waals surface area contributed by atoms with Crippen molar-refractivity contribution in [1.29, 1.82) is 0 Å². The van der Waals surface area contributed by atoms with Gasteiger partial charge < -0.3 is 16.5 Å². The summed E-state index contributed by atoms with van der Waals surface area (Å²) in [4.78, 5) is 22.9. The molecule has 6 nitrogen and oxygen atoms in total. The van der Waals surface area contributed by atoms with Gasteiger partial charge in [0.05, 0.1) is 22.6 Å². The Morgan fingerprint density at radius 1 is 1.29 bits per heavy atom. The number of aryl methyl sites for hydroxylation is 1. The monoisotopic (exact) mass is 325 g/mol. The number of anilines is 1. The van der Waals surface area contributed by atoms with Gasteiger partial charge in [-0.3, -0.25) is 4.79 Å². The van der Waals surface area contributed by atoms with Crippen LogP contribution < -0.4 is 11.5 Å². The van der Waals surface area contributed by atoms with E-state index in [-0.39, 0.29) is 17.3 Å². The van der Waals surface area contributed by atoms with Crippen molar-refractivity contribution in [3.05, 3.63) is 53.5 Å². The van der Waals surface area contributed by atoms with Gasteiger partial charge in [-0.2, -0.15) is 0 Å². The SMILES string of the molecule is CCc1ccc(F)cc1-c1[nH]c(-c2ccnc(N)n2)cc1C(N)=O. The normalized spacial score (nSPS) is 10.8. The lowest BCUT2D eigenvalue weighted by molar-refractivity contribution is 0.100. The van der Waals surface area contributed by atoms with Crippen LogP contribution in [0.1, 0.15) is 22.8 Å². The lowest BCUT2D eigenvalue weighted by Gasteiger charge is -2.08. The van der Waals surface area contributed by atoms with Crippen molar-refractivity contribution in [2.24, 2.45) is 5.73 Å². The third-order valence-electron chi connectivity index (χ3n) is 3.76. The van der Waals surface area contributed by atoms with Crippen LogP contribution in [-0.2, 0) is 6.42 Å². The van der Waals surface area contributed by atoms with Crippen molar-refractivity contribution >= 4 is 11.9 Å². The highest BCUT2D eigenvalue weighted by atomic mass is 19.1. The lowest BCUT2D eigenvalue weighted by atomic mass is 9.99. The van der Waals surface area contributed by atoms with Crippen molar-refractivity contribution in [2.45, 2.75) is 13.3 Å². The highest BCUT2D eigenvalue weighted by Gasteiger charge is 2.18. The number of hydrogen-bond acceptors (Lipinski definition) is 4. The number of benzene rings is 1. The molecule has 3 aromatic rings. The molecule has 0 aliphatic rings. The fraction of sp³-hybridized carbons (Fsp3) is 0.118. The summed E-state index contributed by atoms with van der Waals surface area (Å²) >= 11 is 0. The standard InChI is InChI=1S/C17H16FN5O/c1-2-9-3-4-10(18)7-11(9)15-12(16(19)24)8-14(22-15)13-5-6-21-17(20)23-13/h3-8,22H,2H2,1H3,(H2,19,24)(H2,20,21,23). The number of nitrogens with one attached hydrogen (secondary N) is 1. The number of primary amides is 1. The van der Waals surface area contributed by atoms with Crippen LogP contribution in [0.25, 0.3) is 22.6 Å². The molecule has 0 bridgehead atoms. The molecular weight excluding hydrogens is 309 g/mol. The van der Waals surface area contributed by atoms with Crippen LogP contribution in [-0.4, -0.2) is 20.9 Å². The van der Waals surface area contributed by atoms with E-state index in [9.17, 15) is 9.18 Å². The molecule has 3 rings (SSSR count). The zero-order valence-electron chi connectivity index (χ0n) is 13.0. The number of aromatic amines is 1. The van der Waals surface area contributed by atoms with Crippen molar-refractivity contribution in [2.75, 3.05) is 5.73 Å². The first-order valence-electron chi connectivity index (χ1n) is 7.40. The number of aromatic nitrogens is 3. The first kappa shape index (κ1) is 15.7. The van der Waals surface area contributed by atoms with Crippen molar-refractivity contribution in [3.63, 3.8) is 0 Å². The van der Waals surface area contributed by atoms with E-state index in [1.165, 1.54) is 18.3 Å². The Morgan fingerprint density at radius 3 is 2.75 bits per heavy atom. The maximum absolute atomic E-state index is 13.7. The van der Waals surface area contributed by atoms with E-state index in [1.54, 1.807) is 18.2 Å². The Morgan fingerprint density at radius 2 is 2.08 bits per heavy atom. The van der Waals surface area contributed by atoms with E-state index in [1.807, 2.05) is 6.92 Å². The summed E-state index contributed by atoms with van der Waals surface area (Å²) in [5.41, 5.74) is 14.4. The van der Waals surface area contributed by atoms with Crippen LogP contribution >= 0.6 is 0 Å². The molecule has 0 fully saturated rings. The molecule has 1 amide bonds. The average molecular weight is 325 g/mol. The predicted octanol–water partition coefficient (Wildman–Crippen LogP) is 2.52. The molecule has 0 aliphatic carbocycles. The molecule has 0 spiro atoms. The van der Waals surface area contributed by atoms with Crippen LogP contribution in [0, 0.1) is 5.82 Å². The molecule has 0 saturated heterocycles. The Hall–Kier alpha value is -3.22. The summed E-state index contributed by atoms with van der Waals surface area (Å²) in [5, 5.41) is 0. The summed E-state index contributed by atoms with van der Waals surface area (Å²) in [6.07, 6.45) is 2.20. The van der Waals surface area contributed by atoms with Gasteiger partial charge in [0.2, 0.25) is 5.95 Å². The summed E-state index contributed by atoms with van der Waals surface area (Å²) < 4.78 is 13.7.